The molecule has 3 rings (SSSR count). The Hall–Kier alpha value is -0.890. The number of halogens is 1. The number of aromatic nitrogens is 1. The number of aliphatic imine (C=N–C) groups is 1. The minimum absolute atomic E-state index is 0. The van der Waals surface area contributed by atoms with E-state index in [0.717, 1.165) is 44.4 Å². The van der Waals surface area contributed by atoms with E-state index in [1.807, 2.05) is 6.20 Å². The first kappa shape index (κ1) is 22.4. The van der Waals surface area contributed by atoms with Crippen LogP contribution < -0.4 is 5.32 Å². The molecule has 0 aliphatic carbocycles. The van der Waals surface area contributed by atoms with E-state index in [2.05, 4.69) is 53.0 Å². The summed E-state index contributed by atoms with van der Waals surface area (Å²) in [5, 5.41) is 3.60. The summed E-state index contributed by atoms with van der Waals surface area (Å²) in [5.74, 6) is 1.07. The molecule has 0 bridgehead atoms. The molecule has 0 saturated carbocycles. The number of pyridine rings is 1. The Morgan fingerprint density at radius 1 is 1.04 bits per heavy atom. The fourth-order valence-corrected chi connectivity index (χ4v) is 3.75. The van der Waals surface area contributed by atoms with Crippen LogP contribution in [0.1, 0.15) is 50.8 Å². The summed E-state index contributed by atoms with van der Waals surface area (Å²) < 4.78 is 0. The molecule has 2 aliphatic rings. The maximum Gasteiger partial charge on any atom is 0.194 e. The fourth-order valence-electron chi connectivity index (χ4n) is 3.75. The minimum atomic E-state index is -0.0186. The fraction of sp³-hybridized carbons (Fsp3) is 0.714. The lowest BCUT2D eigenvalue weighted by atomic mass is 9.88. The topological polar surface area (TPSA) is 43.8 Å². The minimum Gasteiger partial charge on any atom is -0.355 e. The molecule has 1 aromatic rings. The van der Waals surface area contributed by atoms with Crippen LogP contribution in [0.5, 0.6) is 0 Å². The lowest BCUT2D eigenvalue weighted by Crippen LogP contribution is -2.46. The van der Waals surface area contributed by atoms with Gasteiger partial charge in [-0.1, -0.05) is 32.8 Å². The van der Waals surface area contributed by atoms with Gasteiger partial charge in [-0.2, -0.15) is 0 Å². The Bertz CT molecular complexity index is 591. The molecular formula is C21H36IN5. The molecule has 0 atom stereocenters. The van der Waals surface area contributed by atoms with E-state index in [-0.39, 0.29) is 29.4 Å². The number of aryl methyl sites for hydroxylation is 1. The third kappa shape index (κ3) is 6.59. The van der Waals surface area contributed by atoms with Crippen LogP contribution in [0.15, 0.2) is 23.3 Å². The van der Waals surface area contributed by atoms with Crippen molar-refractivity contribution in [1.29, 1.82) is 0 Å². The van der Waals surface area contributed by atoms with Gasteiger partial charge < -0.3 is 15.1 Å². The summed E-state index contributed by atoms with van der Waals surface area (Å²) in [6.45, 7) is 14.1. The number of nitrogens with zero attached hydrogens (tertiary/aromatic N) is 4. The number of rotatable bonds is 6. The van der Waals surface area contributed by atoms with Crippen molar-refractivity contribution in [1.82, 2.24) is 20.1 Å². The van der Waals surface area contributed by atoms with Crippen molar-refractivity contribution < 1.29 is 0 Å². The summed E-state index contributed by atoms with van der Waals surface area (Å²) >= 11 is 0. The van der Waals surface area contributed by atoms with Crippen LogP contribution in [-0.2, 0) is 5.41 Å². The molecule has 0 amide bonds. The standard InChI is InChI=1S/C21H35N5.HI/c1-18-8-9-19(23-16-18)21(2,3)17-24-20-22-10-13-26(20)15-14-25-11-6-4-5-7-12-25;/h8-9,16H,4-7,10-15,17H2,1-3H3,(H,22,24);1H. The Labute approximate surface area is 182 Å². The lowest BCUT2D eigenvalue weighted by molar-refractivity contribution is 0.257. The molecule has 6 heteroatoms. The van der Waals surface area contributed by atoms with Crippen molar-refractivity contribution >= 4 is 29.9 Å². The molecule has 0 spiro atoms. The zero-order valence-electron chi connectivity index (χ0n) is 17.2. The van der Waals surface area contributed by atoms with Gasteiger partial charge in [0.15, 0.2) is 5.96 Å². The van der Waals surface area contributed by atoms with Gasteiger partial charge in [0.25, 0.3) is 0 Å². The second-order valence-electron chi connectivity index (χ2n) is 8.41. The molecule has 0 unspecified atom stereocenters. The van der Waals surface area contributed by atoms with Gasteiger partial charge in [-0.25, -0.2) is 0 Å². The van der Waals surface area contributed by atoms with E-state index in [0.29, 0.717) is 0 Å². The van der Waals surface area contributed by atoms with Crippen LogP contribution in [0.4, 0.5) is 0 Å². The predicted octanol–water partition coefficient (Wildman–Crippen LogP) is 3.42. The van der Waals surface area contributed by atoms with Crippen LogP contribution >= 0.6 is 24.0 Å². The van der Waals surface area contributed by atoms with Gasteiger partial charge in [-0.3, -0.25) is 9.98 Å². The van der Waals surface area contributed by atoms with E-state index in [1.165, 1.54) is 44.3 Å². The largest absolute Gasteiger partial charge is 0.355 e. The van der Waals surface area contributed by atoms with Gasteiger partial charge in [-0.15, -0.1) is 24.0 Å². The van der Waals surface area contributed by atoms with E-state index < -0.39 is 0 Å². The monoisotopic (exact) mass is 485 g/mol. The van der Waals surface area contributed by atoms with E-state index in [4.69, 9.17) is 4.99 Å². The number of hydrogen-bond donors (Lipinski definition) is 1. The van der Waals surface area contributed by atoms with Gasteiger partial charge in [0.05, 0.1) is 6.54 Å². The number of guanidine groups is 1. The normalized spacial score (nSPS) is 18.6. The van der Waals surface area contributed by atoms with Crippen molar-refractivity contribution in [2.24, 2.45) is 4.99 Å². The van der Waals surface area contributed by atoms with Gasteiger partial charge >= 0.3 is 0 Å². The Morgan fingerprint density at radius 2 is 1.78 bits per heavy atom. The molecule has 1 saturated heterocycles. The average Bonchev–Trinajstić information content (AvgIpc) is 2.91. The van der Waals surface area contributed by atoms with Crippen LogP contribution in [0.3, 0.4) is 0 Å². The first-order valence-corrected chi connectivity index (χ1v) is 10.2. The quantitative estimate of drug-likeness (QED) is 0.628. The molecule has 5 nitrogen and oxygen atoms in total. The highest BCUT2D eigenvalue weighted by Crippen LogP contribution is 2.20. The molecule has 1 fully saturated rings. The maximum absolute atomic E-state index is 4.70. The zero-order valence-corrected chi connectivity index (χ0v) is 19.5. The zero-order chi connectivity index (χ0) is 18.4. The smallest absolute Gasteiger partial charge is 0.194 e. The van der Waals surface area contributed by atoms with Crippen molar-refractivity contribution in [3.63, 3.8) is 0 Å². The van der Waals surface area contributed by atoms with Crippen LogP contribution in [-0.4, -0.2) is 66.6 Å². The molecule has 0 aromatic carbocycles. The molecule has 2 aliphatic heterocycles. The Kier molecular flexibility index (Phi) is 8.79. The van der Waals surface area contributed by atoms with Crippen molar-refractivity contribution in [3.05, 3.63) is 29.6 Å². The van der Waals surface area contributed by atoms with Crippen LogP contribution in [0.25, 0.3) is 0 Å². The Balaban J connectivity index is 0.00000261. The summed E-state index contributed by atoms with van der Waals surface area (Å²) in [5.41, 5.74) is 2.32. The molecule has 27 heavy (non-hydrogen) atoms. The van der Waals surface area contributed by atoms with Gasteiger partial charge in [0, 0.05) is 43.5 Å². The van der Waals surface area contributed by atoms with Gasteiger partial charge in [0.2, 0.25) is 0 Å². The van der Waals surface area contributed by atoms with Gasteiger partial charge in [-0.05, 0) is 44.5 Å². The third-order valence-electron chi connectivity index (χ3n) is 5.61. The molecule has 3 heterocycles. The first-order chi connectivity index (χ1) is 12.5. The van der Waals surface area contributed by atoms with Crippen molar-refractivity contribution in [2.45, 2.75) is 51.9 Å². The first-order valence-electron chi connectivity index (χ1n) is 10.2. The SMILES string of the molecule is Cc1ccc(C(C)(C)CNC2=NCCN2CCN2CCCCCC2)nc1.I. The second-order valence-corrected chi connectivity index (χ2v) is 8.41. The Morgan fingerprint density at radius 3 is 2.44 bits per heavy atom. The summed E-state index contributed by atoms with van der Waals surface area (Å²) in [7, 11) is 0. The van der Waals surface area contributed by atoms with E-state index >= 15 is 0 Å². The van der Waals surface area contributed by atoms with Crippen molar-refractivity contribution in [3.8, 4) is 0 Å². The molecule has 152 valence electrons. The van der Waals surface area contributed by atoms with Crippen LogP contribution in [0.2, 0.25) is 0 Å². The third-order valence-corrected chi connectivity index (χ3v) is 5.61. The number of likely N-dealkylation sites (tertiary alicyclic amines) is 1. The highest BCUT2D eigenvalue weighted by atomic mass is 127. The summed E-state index contributed by atoms with van der Waals surface area (Å²) in [6, 6.07) is 4.29. The highest BCUT2D eigenvalue weighted by Gasteiger charge is 2.25. The number of hydrogen-bond acceptors (Lipinski definition) is 5. The number of nitrogens with one attached hydrogen (secondary N) is 1. The molecular weight excluding hydrogens is 449 g/mol. The van der Waals surface area contributed by atoms with Gasteiger partial charge in [0.1, 0.15) is 0 Å². The van der Waals surface area contributed by atoms with E-state index in [1.54, 1.807) is 0 Å². The van der Waals surface area contributed by atoms with Crippen molar-refractivity contribution in [2.75, 3.05) is 45.8 Å². The average molecular weight is 485 g/mol. The maximum atomic E-state index is 4.70. The highest BCUT2D eigenvalue weighted by molar-refractivity contribution is 14.0. The molecule has 1 N–H and O–H groups in total. The molecule has 1 aromatic heterocycles. The lowest BCUT2D eigenvalue weighted by Gasteiger charge is -2.29. The van der Waals surface area contributed by atoms with E-state index in [9.17, 15) is 0 Å². The second kappa shape index (κ2) is 10.6. The summed E-state index contributed by atoms with van der Waals surface area (Å²) in [4.78, 5) is 14.4. The molecule has 0 radical (unpaired) electrons. The summed E-state index contributed by atoms with van der Waals surface area (Å²) in [6.07, 6.45) is 7.47. The van der Waals surface area contributed by atoms with Crippen LogP contribution in [0, 0.1) is 6.92 Å². The predicted molar refractivity (Wildman–Crippen MR) is 124 cm³/mol.